The van der Waals surface area contributed by atoms with Gasteiger partial charge in [0.15, 0.2) is 0 Å². The van der Waals surface area contributed by atoms with Crippen LogP contribution in [0.25, 0.3) is 0 Å². The van der Waals surface area contributed by atoms with Crippen molar-refractivity contribution in [2.45, 2.75) is 25.0 Å². The van der Waals surface area contributed by atoms with Crippen LogP contribution in [-0.2, 0) is 4.79 Å². The molecule has 2 heterocycles. The Morgan fingerprint density at radius 3 is 2.81 bits per heavy atom. The van der Waals surface area contributed by atoms with Gasteiger partial charge in [-0.1, -0.05) is 12.1 Å². The quantitative estimate of drug-likeness (QED) is 0.776. The number of hydrogen-bond donors (Lipinski definition) is 1. The van der Waals surface area contributed by atoms with E-state index in [1.165, 1.54) is 12.1 Å². The highest BCUT2D eigenvalue weighted by Crippen LogP contribution is 2.32. The highest BCUT2D eigenvalue weighted by molar-refractivity contribution is 5.84. The first-order chi connectivity index (χ1) is 7.75. The summed E-state index contributed by atoms with van der Waals surface area (Å²) in [5, 5.41) is 2.96. The largest absolute Gasteiger partial charge is 0.335 e. The van der Waals surface area contributed by atoms with Gasteiger partial charge in [0.05, 0.1) is 6.04 Å². The Morgan fingerprint density at radius 2 is 2.06 bits per heavy atom. The number of benzene rings is 1. The van der Waals surface area contributed by atoms with Gasteiger partial charge in [-0.2, -0.15) is 0 Å². The molecule has 0 bridgehead atoms. The summed E-state index contributed by atoms with van der Waals surface area (Å²) in [6.07, 6.45) is 1.93. The molecule has 2 atom stereocenters. The molecule has 3 rings (SSSR count). The van der Waals surface area contributed by atoms with E-state index in [2.05, 4.69) is 10.2 Å². The first kappa shape index (κ1) is 9.78. The Labute approximate surface area is 93.2 Å². The minimum absolute atomic E-state index is 0.0232. The molecule has 3 nitrogen and oxygen atoms in total. The maximum atomic E-state index is 12.8. The van der Waals surface area contributed by atoms with Gasteiger partial charge in [0.25, 0.3) is 0 Å². The van der Waals surface area contributed by atoms with Crippen LogP contribution in [0.15, 0.2) is 24.3 Å². The first-order valence-corrected chi connectivity index (χ1v) is 5.57. The zero-order chi connectivity index (χ0) is 11.1. The molecule has 1 N–H and O–H groups in total. The van der Waals surface area contributed by atoms with Gasteiger partial charge in [0, 0.05) is 6.54 Å². The number of hydrogen-bond acceptors (Lipinski definition) is 2. The maximum Gasteiger partial charge on any atom is 0.238 e. The standard InChI is InChI=1S/C12H13FN2O/c13-9-5-3-8(4-6-9)11-14-12(16)10-2-1-7-15(10)11/h3-6,10-11H,1-2,7H2,(H,14,16). The van der Waals surface area contributed by atoms with Gasteiger partial charge in [0.1, 0.15) is 12.0 Å². The summed E-state index contributed by atoms with van der Waals surface area (Å²) in [6.45, 7) is 0.936. The second kappa shape index (κ2) is 3.56. The molecule has 2 aliphatic heterocycles. The molecule has 2 fully saturated rings. The van der Waals surface area contributed by atoms with Crippen LogP contribution in [0.1, 0.15) is 24.6 Å². The van der Waals surface area contributed by atoms with Crippen molar-refractivity contribution >= 4 is 5.91 Å². The molecule has 2 unspecified atom stereocenters. The smallest absolute Gasteiger partial charge is 0.238 e. The molecule has 84 valence electrons. The lowest BCUT2D eigenvalue weighted by Crippen LogP contribution is -2.28. The fourth-order valence-corrected chi connectivity index (χ4v) is 2.61. The van der Waals surface area contributed by atoms with Crippen molar-refractivity contribution in [3.05, 3.63) is 35.6 Å². The van der Waals surface area contributed by atoms with Crippen molar-refractivity contribution < 1.29 is 9.18 Å². The minimum Gasteiger partial charge on any atom is -0.335 e. The number of rotatable bonds is 1. The van der Waals surface area contributed by atoms with Crippen LogP contribution in [0.3, 0.4) is 0 Å². The van der Waals surface area contributed by atoms with E-state index in [1.54, 1.807) is 12.1 Å². The van der Waals surface area contributed by atoms with E-state index in [-0.39, 0.29) is 23.9 Å². The lowest BCUT2D eigenvalue weighted by atomic mass is 10.1. The van der Waals surface area contributed by atoms with Crippen LogP contribution in [-0.4, -0.2) is 23.4 Å². The van der Waals surface area contributed by atoms with Crippen molar-refractivity contribution in [1.82, 2.24) is 10.2 Å². The second-order valence-electron chi connectivity index (χ2n) is 4.36. The van der Waals surface area contributed by atoms with Gasteiger partial charge >= 0.3 is 0 Å². The number of carbonyl (C=O) groups is 1. The third kappa shape index (κ3) is 1.41. The predicted octanol–water partition coefficient (Wildman–Crippen LogP) is 1.42. The van der Waals surface area contributed by atoms with Gasteiger partial charge in [-0.25, -0.2) is 4.39 Å². The van der Waals surface area contributed by atoms with Crippen molar-refractivity contribution in [2.75, 3.05) is 6.54 Å². The molecular formula is C12H13FN2O. The fourth-order valence-electron chi connectivity index (χ4n) is 2.61. The van der Waals surface area contributed by atoms with Crippen LogP contribution in [0.5, 0.6) is 0 Å². The van der Waals surface area contributed by atoms with Crippen molar-refractivity contribution in [3.63, 3.8) is 0 Å². The Kier molecular flexibility index (Phi) is 2.17. The zero-order valence-corrected chi connectivity index (χ0v) is 8.82. The number of halogens is 1. The topological polar surface area (TPSA) is 32.3 Å². The van der Waals surface area contributed by atoms with E-state index in [0.29, 0.717) is 0 Å². The molecule has 0 radical (unpaired) electrons. The van der Waals surface area contributed by atoms with Crippen LogP contribution in [0, 0.1) is 5.82 Å². The van der Waals surface area contributed by atoms with Crippen LogP contribution in [0.2, 0.25) is 0 Å². The molecule has 0 aliphatic carbocycles. The summed E-state index contributed by atoms with van der Waals surface area (Å²) >= 11 is 0. The van der Waals surface area contributed by atoms with E-state index in [9.17, 15) is 9.18 Å². The van der Waals surface area contributed by atoms with Crippen molar-refractivity contribution in [1.29, 1.82) is 0 Å². The lowest BCUT2D eigenvalue weighted by Gasteiger charge is -2.21. The number of carbonyl (C=O) groups excluding carboxylic acids is 1. The van der Waals surface area contributed by atoms with E-state index < -0.39 is 0 Å². The number of nitrogens with zero attached hydrogens (tertiary/aromatic N) is 1. The number of amides is 1. The number of nitrogens with one attached hydrogen (secondary N) is 1. The molecule has 16 heavy (non-hydrogen) atoms. The van der Waals surface area contributed by atoms with Crippen LogP contribution in [0.4, 0.5) is 4.39 Å². The highest BCUT2D eigenvalue weighted by atomic mass is 19.1. The SMILES string of the molecule is O=C1NC(c2ccc(F)cc2)N2CCCC12. The molecule has 4 heteroatoms. The normalized spacial score (nSPS) is 29.2. The molecular weight excluding hydrogens is 207 g/mol. The summed E-state index contributed by atoms with van der Waals surface area (Å²) < 4.78 is 12.8. The molecule has 0 saturated carbocycles. The Balaban J connectivity index is 1.90. The lowest BCUT2D eigenvalue weighted by molar-refractivity contribution is -0.121. The summed E-state index contributed by atoms with van der Waals surface area (Å²) in [7, 11) is 0. The van der Waals surface area contributed by atoms with Gasteiger partial charge in [-0.15, -0.1) is 0 Å². The van der Waals surface area contributed by atoms with E-state index in [0.717, 1.165) is 24.9 Å². The number of fused-ring (bicyclic) bond motifs is 1. The molecule has 0 spiro atoms. The van der Waals surface area contributed by atoms with Crippen LogP contribution >= 0.6 is 0 Å². The summed E-state index contributed by atoms with van der Waals surface area (Å²) in [5.74, 6) is -0.141. The van der Waals surface area contributed by atoms with Gasteiger partial charge in [-0.05, 0) is 30.5 Å². The Hall–Kier alpha value is -1.42. The summed E-state index contributed by atoms with van der Waals surface area (Å²) in [5.41, 5.74) is 0.958. The van der Waals surface area contributed by atoms with Crippen molar-refractivity contribution in [3.8, 4) is 0 Å². The monoisotopic (exact) mass is 220 g/mol. The molecule has 2 aliphatic rings. The molecule has 1 amide bonds. The average Bonchev–Trinajstić information content (AvgIpc) is 2.84. The molecule has 1 aromatic rings. The Morgan fingerprint density at radius 1 is 1.31 bits per heavy atom. The van der Waals surface area contributed by atoms with E-state index in [1.807, 2.05) is 0 Å². The minimum atomic E-state index is -0.244. The first-order valence-electron chi connectivity index (χ1n) is 5.57. The molecule has 2 saturated heterocycles. The fraction of sp³-hybridized carbons (Fsp3) is 0.417. The second-order valence-corrected chi connectivity index (χ2v) is 4.36. The average molecular weight is 220 g/mol. The van der Waals surface area contributed by atoms with E-state index in [4.69, 9.17) is 0 Å². The Bertz CT molecular complexity index is 418. The highest BCUT2D eigenvalue weighted by Gasteiger charge is 2.42. The molecule has 0 aromatic heterocycles. The predicted molar refractivity (Wildman–Crippen MR) is 57.0 cm³/mol. The summed E-state index contributed by atoms with van der Waals surface area (Å²) in [4.78, 5) is 13.8. The van der Waals surface area contributed by atoms with Crippen LogP contribution < -0.4 is 5.32 Å². The van der Waals surface area contributed by atoms with Gasteiger partial charge in [0.2, 0.25) is 5.91 Å². The van der Waals surface area contributed by atoms with Gasteiger partial charge in [-0.3, -0.25) is 9.69 Å². The van der Waals surface area contributed by atoms with Gasteiger partial charge < -0.3 is 5.32 Å². The maximum absolute atomic E-state index is 12.8. The molecule has 1 aromatic carbocycles. The third-order valence-electron chi connectivity index (χ3n) is 3.39. The zero-order valence-electron chi connectivity index (χ0n) is 8.82. The summed E-state index contributed by atoms with van der Waals surface area (Å²) in [6, 6.07) is 6.37. The third-order valence-corrected chi connectivity index (χ3v) is 3.39. The van der Waals surface area contributed by atoms with E-state index >= 15 is 0 Å². The van der Waals surface area contributed by atoms with Crippen molar-refractivity contribution in [2.24, 2.45) is 0 Å².